The Balaban J connectivity index is 1.47. The number of rotatable bonds is 5. The Morgan fingerprint density at radius 3 is 2.74 bits per heavy atom. The molecular weight excluding hydrogens is 338 g/mol. The number of benzene rings is 2. The lowest BCUT2D eigenvalue weighted by atomic mass is 9.83. The van der Waals surface area contributed by atoms with Gasteiger partial charge in [-0.1, -0.05) is 48.9 Å². The summed E-state index contributed by atoms with van der Waals surface area (Å²) in [5.74, 6) is 0.112. The summed E-state index contributed by atoms with van der Waals surface area (Å²) < 4.78 is 5.55. The molecule has 0 radical (unpaired) electrons. The normalized spacial score (nSPS) is 21.2. The van der Waals surface area contributed by atoms with Crippen LogP contribution in [0.1, 0.15) is 66.4 Å². The Hall–Kier alpha value is -2.59. The smallest absolute Gasteiger partial charge is 0.371 e. The van der Waals surface area contributed by atoms with Crippen molar-refractivity contribution < 1.29 is 14.3 Å². The van der Waals surface area contributed by atoms with E-state index in [1.807, 2.05) is 6.07 Å². The molecule has 140 valence electrons. The van der Waals surface area contributed by atoms with Gasteiger partial charge < -0.3 is 14.8 Å². The van der Waals surface area contributed by atoms with Gasteiger partial charge >= 0.3 is 5.97 Å². The quantitative estimate of drug-likeness (QED) is 0.627. The fourth-order valence-electron chi connectivity index (χ4n) is 4.36. The van der Waals surface area contributed by atoms with Gasteiger partial charge in [0, 0.05) is 18.0 Å². The number of aromatic carboxylic acids is 1. The largest absolute Gasteiger partial charge is 0.475 e. The Kier molecular flexibility index (Phi) is 4.99. The third-order valence-corrected chi connectivity index (χ3v) is 5.69. The number of carboxylic acids is 1. The lowest BCUT2D eigenvalue weighted by Gasteiger charge is -2.31. The molecule has 2 aromatic carbocycles. The number of nitrogens with one attached hydrogen (secondary N) is 1. The van der Waals surface area contributed by atoms with Crippen LogP contribution in [0.3, 0.4) is 0 Å². The minimum absolute atomic E-state index is 0.0317. The van der Waals surface area contributed by atoms with E-state index < -0.39 is 5.97 Å². The maximum atomic E-state index is 11.1. The molecule has 0 amide bonds. The Morgan fingerprint density at radius 1 is 1.11 bits per heavy atom. The second kappa shape index (κ2) is 7.57. The van der Waals surface area contributed by atoms with Gasteiger partial charge in [0.1, 0.15) is 5.76 Å². The summed E-state index contributed by atoms with van der Waals surface area (Å²) in [6, 6.07) is 19.0. The average molecular weight is 363 g/mol. The molecule has 4 heteroatoms. The van der Waals surface area contributed by atoms with E-state index in [1.165, 1.54) is 16.3 Å². The molecule has 4 nitrogen and oxygen atoms in total. The average Bonchev–Trinajstić information content (AvgIpc) is 3.18. The highest BCUT2D eigenvalue weighted by atomic mass is 16.4. The van der Waals surface area contributed by atoms with Gasteiger partial charge in [-0.15, -0.1) is 0 Å². The van der Waals surface area contributed by atoms with Crippen LogP contribution < -0.4 is 5.32 Å². The summed E-state index contributed by atoms with van der Waals surface area (Å²) in [5.41, 5.74) is 1.32. The highest BCUT2D eigenvalue weighted by Crippen LogP contribution is 2.35. The summed E-state index contributed by atoms with van der Waals surface area (Å²) in [6.45, 7) is 2.22. The van der Waals surface area contributed by atoms with Gasteiger partial charge in [-0.3, -0.25) is 0 Å². The van der Waals surface area contributed by atoms with Crippen LogP contribution in [-0.4, -0.2) is 17.1 Å². The molecule has 2 N–H and O–H groups in total. The van der Waals surface area contributed by atoms with Crippen molar-refractivity contribution in [1.82, 2.24) is 5.32 Å². The van der Waals surface area contributed by atoms with E-state index in [2.05, 4.69) is 54.7 Å². The van der Waals surface area contributed by atoms with Crippen molar-refractivity contribution in [1.29, 1.82) is 0 Å². The molecule has 0 aliphatic heterocycles. The molecule has 1 aromatic heterocycles. The summed E-state index contributed by atoms with van der Waals surface area (Å²) >= 11 is 0. The maximum absolute atomic E-state index is 11.1. The zero-order valence-electron chi connectivity index (χ0n) is 15.5. The minimum Gasteiger partial charge on any atom is -0.475 e. The van der Waals surface area contributed by atoms with E-state index in [-0.39, 0.29) is 17.7 Å². The standard InChI is InChI=1S/C23H25NO3/c1-15(19-11-5-7-16-6-2-3-10-20(16)19)24-18-9-4-8-17(14-18)21-12-13-22(27-21)23(25)26/h2-3,5-7,10-13,15,17-18,24H,4,8-9,14H2,1H3,(H,25,26)/t15-,17?,18?/m1/s1. The Labute approximate surface area is 159 Å². The number of furan rings is 1. The predicted molar refractivity (Wildman–Crippen MR) is 106 cm³/mol. The lowest BCUT2D eigenvalue weighted by Crippen LogP contribution is -2.35. The van der Waals surface area contributed by atoms with E-state index in [0.29, 0.717) is 6.04 Å². The molecule has 27 heavy (non-hydrogen) atoms. The van der Waals surface area contributed by atoms with E-state index in [1.54, 1.807) is 6.07 Å². The number of hydrogen-bond donors (Lipinski definition) is 2. The highest BCUT2D eigenvalue weighted by Gasteiger charge is 2.27. The van der Waals surface area contributed by atoms with E-state index in [9.17, 15) is 4.79 Å². The van der Waals surface area contributed by atoms with Gasteiger partial charge in [0.05, 0.1) is 0 Å². The minimum atomic E-state index is -1.00. The van der Waals surface area contributed by atoms with Gasteiger partial charge in [0.15, 0.2) is 0 Å². The number of carbonyl (C=O) groups is 1. The van der Waals surface area contributed by atoms with Crippen LogP contribution in [0.2, 0.25) is 0 Å². The van der Waals surface area contributed by atoms with Crippen LogP contribution in [-0.2, 0) is 0 Å². The maximum Gasteiger partial charge on any atom is 0.371 e. The van der Waals surface area contributed by atoms with Crippen molar-refractivity contribution in [2.45, 2.75) is 50.6 Å². The lowest BCUT2D eigenvalue weighted by molar-refractivity contribution is 0.0659. The Bertz CT molecular complexity index is 940. The van der Waals surface area contributed by atoms with Crippen molar-refractivity contribution in [2.75, 3.05) is 0 Å². The monoisotopic (exact) mass is 363 g/mol. The third kappa shape index (κ3) is 3.76. The van der Waals surface area contributed by atoms with Gasteiger partial charge in [0.25, 0.3) is 0 Å². The van der Waals surface area contributed by atoms with Crippen LogP contribution in [0.5, 0.6) is 0 Å². The molecule has 0 spiro atoms. The molecule has 3 atom stereocenters. The molecule has 4 rings (SSSR count). The van der Waals surface area contributed by atoms with Crippen LogP contribution in [0, 0.1) is 0 Å². The van der Waals surface area contributed by atoms with E-state index in [4.69, 9.17) is 9.52 Å². The first kappa shape index (κ1) is 17.8. The molecule has 0 saturated heterocycles. The topological polar surface area (TPSA) is 62.5 Å². The highest BCUT2D eigenvalue weighted by molar-refractivity contribution is 5.86. The number of carboxylic acid groups (broad SMARTS) is 1. The van der Waals surface area contributed by atoms with Crippen LogP contribution in [0.25, 0.3) is 10.8 Å². The van der Waals surface area contributed by atoms with Crippen LogP contribution in [0.4, 0.5) is 0 Å². The van der Waals surface area contributed by atoms with Crippen LogP contribution >= 0.6 is 0 Å². The zero-order chi connectivity index (χ0) is 18.8. The first-order valence-corrected chi connectivity index (χ1v) is 9.68. The third-order valence-electron chi connectivity index (χ3n) is 5.69. The second-order valence-electron chi connectivity index (χ2n) is 7.52. The van der Waals surface area contributed by atoms with Crippen molar-refractivity contribution >= 4 is 16.7 Å². The summed E-state index contributed by atoms with van der Waals surface area (Å²) in [5, 5.41) is 15.4. The fourth-order valence-corrected chi connectivity index (χ4v) is 4.36. The molecule has 3 aromatic rings. The molecular formula is C23H25NO3. The first-order valence-electron chi connectivity index (χ1n) is 9.68. The predicted octanol–water partition coefficient (Wildman–Crippen LogP) is 5.51. The second-order valence-corrected chi connectivity index (χ2v) is 7.52. The molecule has 2 unspecified atom stereocenters. The van der Waals surface area contributed by atoms with Crippen molar-refractivity contribution in [3.8, 4) is 0 Å². The zero-order valence-corrected chi connectivity index (χ0v) is 15.5. The molecule has 1 aliphatic rings. The van der Waals surface area contributed by atoms with E-state index in [0.717, 1.165) is 31.4 Å². The van der Waals surface area contributed by atoms with Crippen molar-refractivity contribution in [3.63, 3.8) is 0 Å². The van der Waals surface area contributed by atoms with E-state index >= 15 is 0 Å². The Morgan fingerprint density at radius 2 is 1.93 bits per heavy atom. The number of fused-ring (bicyclic) bond motifs is 1. The first-order chi connectivity index (χ1) is 13.1. The van der Waals surface area contributed by atoms with Gasteiger partial charge in [-0.05, 0) is 54.7 Å². The molecule has 1 fully saturated rings. The van der Waals surface area contributed by atoms with Gasteiger partial charge in [-0.25, -0.2) is 4.79 Å². The summed E-state index contributed by atoms with van der Waals surface area (Å²) in [7, 11) is 0. The molecule has 0 bridgehead atoms. The summed E-state index contributed by atoms with van der Waals surface area (Å²) in [4.78, 5) is 11.1. The van der Waals surface area contributed by atoms with Crippen molar-refractivity contribution in [2.24, 2.45) is 0 Å². The summed E-state index contributed by atoms with van der Waals surface area (Å²) in [6.07, 6.45) is 4.28. The van der Waals surface area contributed by atoms with Gasteiger partial charge in [-0.2, -0.15) is 0 Å². The molecule has 1 heterocycles. The van der Waals surface area contributed by atoms with Gasteiger partial charge in [0.2, 0.25) is 5.76 Å². The SMILES string of the molecule is C[C@@H](NC1CCCC(c2ccc(C(=O)O)o2)C1)c1cccc2ccccc12. The molecule has 1 saturated carbocycles. The molecule has 1 aliphatic carbocycles. The van der Waals surface area contributed by atoms with Crippen molar-refractivity contribution in [3.05, 3.63) is 71.7 Å². The number of hydrogen-bond acceptors (Lipinski definition) is 3. The fraction of sp³-hybridized carbons (Fsp3) is 0.348. The van der Waals surface area contributed by atoms with Crippen LogP contribution in [0.15, 0.2) is 59.0 Å².